The zero-order chi connectivity index (χ0) is 19.7. The SMILES string of the molecule is C=CC(=O)N1C[C@@H](N2Cc3ccccc3C2=O)[C@H](OCc2cccc(C)c2)C1. The number of aryl methyl sites for hydroxylation is 1. The van der Waals surface area contributed by atoms with Crippen LogP contribution < -0.4 is 0 Å². The van der Waals surface area contributed by atoms with Crippen LogP contribution in [0.2, 0.25) is 0 Å². The highest BCUT2D eigenvalue weighted by Gasteiger charge is 2.43. The van der Waals surface area contributed by atoms with Crippen LogP contribution in [-0.4, -0.2) is 46.8 Å². The Morgan fingerprint density at radius 3 is 2.79 bits per heavy atom. The van der Waals surface area contributed by atoms with Gasteiger partial charge in [-0.25, -0.2) is 0 Å². The Bertz CT molecular complexity index is 924. The molecular weight excluding hydrogens is 352 g/mol. The molecule has 4 rings (SSSR count). The number of likely N-dealkylation sites (tertiary alicyclic amines) is 1. The number of carbonyl (C=O) groups excluding carboxylic acids is 2. The summed E-state index contributed by atoms with van der Waals surface area (Å²) in [4.78, 5) is 28.7. The van der Waals surface area contributed by atoms with Crippen molar-refractivity contribution in [2.45, 2.75) is 32.2 Å². The van der Waals surface area contributed by atoms with E-state index < -0.39 is 0 Å². The average molecular weight is 376 g/mol. The molecule has 0 saturated carbocycles. The van der Waals surface area contributed by atoms with Crippen LogP contribution in [0.25, 0.3) is 0 Å². The van der Waals surface area contributed by atoms with Gasteiger partial charge >= 0.3 is 0 Å². The van der Waals surface area contributed by atoms with Crippen molar-refractivity contribution in [2.24, 2.45) is 0 Å². The van der Waals surface area contributed by atoms with Crippen molar-refractivity contribution in [3.05, 3.63) is 83.4 Å². The normalized spacial score (nSPS) is 21.1. The maximum absolute atomic E-state index is 12.9. The minimum atomic E-state index is -0.234. The lowest BCUT2D eigenvalue weighted by atomic mass is 10.1. The maximum atomic E-state index is 12.9. The van der Waals surface area contributed by atoms with Gasteiger partial charge in [0.25, 0.3) is 5.91 Å². The smallest absolute Gasteiger partial charge is 0.254 e. The number of rotatable bonds is 5. The fourth-order valence-corrected chi connectivity index (χ4v) is 4.08. The third-order valence-corrected chi connectivity index (χ3v) is 5.52. The summed E-state index contributed by atoms with van der Waals surface area (Å²) in [6.07, 6.45) is 1.09. The minimum Gasteiger partial charge on any atom is -0.369 e. The van der Waals surface area contributed by atoms with Crippen LogP contribution in [0.3, 0.4) is 0 Å². The summed E-state index contributed by atoms with van der Waals surface area (Å²) in [6, 6.07) is 15.7. The number of amides is 2. The second-order valence-corrected chi connectivity index (χ2v) is 7.44. The van der Waals surface area contributed by atoms with E-state index in [0.29, 0.717) is 26.2 Å². The van der Waals surface area contributed by atoms with Crippen LogP contribution in [-0.2, 0) is 22.7 Å². The molecule has 0 bridgehead atoms. The van der Waals surface area contributed by atoms with E-state index in [0.717, 1.165) is 16.7 Å². The van der Waals surface area contributed by atoms with Crippen LogP contribution in [0, 0.1) is 6.92 Å². The summed E-state index contributed by atoms with van der Waals surface area (Å²) < 4.78 is 6.22. The van der Waals surface area contributed by atoms with Gasteiger partial charge in [-0.15, -0.1) is 0 Å². The largest absolute Gasteiger partial charge is 0.369 e. The van der Waals surface area contributed by atoms with Crippen molar-refractivity contribution in [1.82, 2.24) is 9.80 Å². The van der Waals surface area contributed by atoms with Gasteiger partial charge in [0.05, 0.1) is 18.8 Å². The molecule has 0 radical (unpaired) electrons. The van der Waals surface area contributed by atoms with Crippen LogP contribution in [0.15, 0.2) is 61.2 Å². The van der Waals surface area contributed by atoms with Crippen LogP contribution >= 0.6 is 0 Å². The third-order valence-electron chi connectivity index (χ3n) is 5.52. The molecule has 2 aliphatic heterocycles. The van der Waals surface area contributed by atoms with Crippen molar-refractivity contribution < 1.29 is 14.3 Å². The van der Waals surface area contributed by atoms with Crippen molar-refractivity contribution in [3.63, 3.8) is 0 Å². The predicted molar refractivity (Wildman–Crippen MR) is 107 cm³/mol. The van der Waals surface area contributed by atoms with Gasteiger partial charge in [-0.05, 0) is 30.2 Å². The maximum Gasteiger partial charge on any atom is 0.254 e. The van der Waals surface area contributed by atoms with E-state index in [2.05, 4.69) is 12.6 Å². The van der Waals surface area contributed by atoms with E-state index in [-0.39, 0.29) is 24.0 Å². The van der Waals surface area contributed by atoms with Gasteiger partial charge < -0.3 is 14.5 Å². The Kier molecular flexibility index (Phi) is 5.01. The van der Waals surface area contributed by atoms with Crippen LogP contribution in [0.4, 0.5) is 0 Å². The molecule has 0 aliphatic carbocycles. The van der Waals surface area contributed by atoms with Crippen molar-refractivity contribution in [3.8, 4) is 0 Å². The highest BCUT2D eigenvalue weighted by Crippen LogP contribution is 2.30. The number of carbonyl (C=O) groups is 2. The van der Waals surface area contributed by atoms with Crippen LogP contribution in [0.5, 0.6) is 0 Å². The first-order valence-corrected chi connectivity index (χ1v) is 9.54. The van der Waals surface area contributed by atoms with E-state index in [1.807, 2.05) is 54.3 Å². The number of ether oxygens (including phenoxy) is 1. The van der Waals surface area contributed by atoms with E-state index in [4.69, 9.17) is 4.74 Å². The van der Waals surface area contributed by atoms with E-state index in [1.54, 1.807) is 4.90 Å². The third kappa shape index (κ3) is 3.45. The van der Waals surface area contributed by atoms with Gasteiger partial charge in [0.15, 0.2) is 0 Å². The number of nitrogens with zero attached hydrogens (tertiary/aromatic N) is 2. The molecule has 28 heavy (non-hydrogen) atoms. The molecule has 0 spiro atoms. The molecular formula is C23H24N2O3. The second-order valence-electron chi connectivity index (χ2n) is 7.44. The number of hydrogen-bond acceptors (Lipinski definition) is 3. The van der Waals surface area contributed by atoms with Gasteiger partial charge in [-0.3, -0.25) is 9.59 Å². The Labute approximate surface area is 165 Å². The minimum absolute atomic E-state index is 0.0117. The highest BCUT2D eigenvalue weighted by atomic mass is 16.5. The van der Waals surface area contributed by atoms with E-state index in [1.165, 1.54) is 11.6 Å². The standard InChI is InChI=1S/C23H24N2O3/c1-3-22(26)24-13-20(25-12-18-9-4-5-10-19(18)23(25)27)21(14-24)28-15-17-8-6-7-16(2)11-17/h3-11,20-21H,1,12-15H2,2H3/t20-,21-/m1/s1. The van der Waals surface area contributed by atoms with Gasteiger partial charge in [0.1, 0.15) is 0 Å². The van der Waals surface area contributed by atoms with Gasteiger partial charge in [-0.2, -0.15) is 0 Å². The molecule has 144 valence electrons. The predicted octanol–water partition coefficient (Wildman–Crippen LogP) is 2.93. The molecule has 1 saturated heterocycles. The zero-order valence-corrected chi connectivity index (χ0v) is 16.0. The molecule has 5 heteroatoms. The van der Waals surface area contributed by atoms with Gasteiger partial charge in [0, 0.05) is 25.2 Å². The Morgan fingerprint density at radius 1 is 1.21 bits per heavy atom. The summed E-state index contributed by atoms with van der Waals surface area (Å²) in [5.74, 6) is -0.117. The molecule has 0 aromatic heterocycles. The number of hydrogen-bond donors (Lipinski definition) is 0. The molecule has 2 amide bonds. The van der Waals surface area contributed by atoms with E-state index >= 15 is 0 Å². The molecule has 2 aliphatic rings. The monoisotopic (exact) mass is 376 g/mol. The zero-order valence-electron chi connectivity index (χ0n) is 16.0. The second kappa shape index (κ2) is 7.60. The fraction of sp³-hybridized carbons (Fsp3) is 0.304. The lowest BCUT2D eigenvalue weighted by Gasteiger charge is -2.28. The first-order chi connectivity index (χ1) is 13.6. The Morgan fingerprint density at radius 2 is 2.04 bits per heavy atom. The molecule has 2 aromatic carbocycles. The highest BCUT2D eigenvalue weighted by molar-refractivity contribution is 5.98. The number of fused-ring (bicyclic) bond motifs is 1. The molecule has 0 N–H and O–H groups in total. The van der Waals surface area contributed by atoms with Crippen LogP contribution in [0.1, 0.15) is 27.0 Å². The lowest BCUT2D eigenvalue weighted by molar-refractivity contribution is -0.125. The van der Waals surface area contributed by atoms with Crippen molar-refractivity contribution in [2.75, 3.05) is 13.1 Å². The molecule has 1 fully saturated rings. The van der Waals surface area contributed by atoms with Gasteiger partial charge in [-0.1, -0.05) is 54.6 Å². The Balaban J connectivity index is 1.53. The quantitative estimate of drug-likeness (QED) is 0.754. The Hall–Kier alpha value is -2.92. The summed E-state index contributed by atoms with van der Waals surface area (Å²) in [5, 5.41) is 0. The number of benzene rings is 2. The molecule has 2 atom stereocenters. The lowest BCUT2D eigenvalue weighted by Crippen LogP contribution is -2.44. The average Bonchev–Trinajstić information content (AvgIpc) is 3.27. The summed E-state index contributed by atoms with van der Waals surface area (Å²) >= 11 is 0. The molecule has 2 aromatic rings. The van der Waals surface area contributed by atoms with Gasteiger partial charge in [0.2, 0.25) is 5.91 Å². The van der Waals surface area contributed by atoms with Crippen molar-refractivity contribution in [1.29, 1.82) is 0 Å². The fourth-order valence-electron chi connectivity index (χ4n) is 4.08. The summed E-state index contributed by atoms with van der Waals surface area (Å²) in [6.45, 7) is 7.57. The topological polar surface area (TPSA) is 49.9 Å². The molecule has 5 nitrogen and oxygen atoms in total. The van der Waals surface area contributed by atoms with Crippen molar-refractivity contribution >= 4 is 11.8 Å². The molecule has 2 heterocycles. The first-order valence-electron chi connectivity index (χ1n) is 9.54. The van der Waals surface area contributed by atoms with E-state index in [9.17, 15) is 9.59 Å². The summed E-state index contributed by atoms with van der Waals surface area (Å²) in [5.41, 5.74) is 4.04. The molecule has 0 unspecified atom stereocenters. The first kappa shape index (κ1) is 18.4. The summed E-state index contributed by atoms with van der Waals surface area (Å²) in [7, 11) is 0.